The van der Waals surface area contributed by atoms with Gasteiger partial charge in [0, 0.05) is 25.4 Å². The Morgan fingerprint density at radius 1 is 1.18 bits per heavy atom. The number of pyridine rings is 1. The molecule has 28 heavy (non-hydrogen) atoms. The van der Waals surface area contributed by atoms with Crippen molar-refractivity contribution in [2.75, 3.05) is 13.7 Å². The molecule has 0 atom stereocenters. The van der Waals surface area contributed by atoms with E-state index < -0.39 is 17.6 Å². The number of aliphatic imine (C=N–C) groups is 1. The normalized spacial score (nSPS) is 11.6. The molecule has 0 fully saturated rings. The summed E-state index contributed by atoms with van der Waals surface area (Å²) in [5.41, 5.74) is -0.249. The van der Waals surface area contributed by atoms with E-state index in [1.54, 1.807) is 18.3 Å². The van der Waals surface area contributed by atoms with Crippen molar-refractivity contribution in [1.29, 1.82) is 0 Å². The molecule has 0 saturated heterocycles. The minimum absolute atomic E-state index is 0. The van der Waals surface area contributed by atoms with Gasteiger partial charge in [0.15, 0.2) is 5.96 Å². The quantitative estimate of drug-likeness (QED) is 0.265. The number of halogens is 5. The lowest BCUT2D eigenvalue weighted by Crippen LogP contribution is -2.37. The summed E-state index contributed by atoms with van der Waals surface area (Å²) in [6.07, 6.45) is -3.06. The number of methoxy groups -OCH3 is 1. The van der Waals surface area contributed by atoms with Crippen LogP contribution in [0.2, 0.25) is 0 Å². The van der Waals surface area contributed by atoms with E-state index in [2.05, 4.69) is 20.6 Å². The Morgan fingerprint density at radius 3 is 2.57 bits per heavy atom. The Bertz CT molecular complexity index is 799. The highest BCUT2D eigenvalue weighted by atomic mass is 127. The molecular formula is C18H21F4IN4O. The van der Waals surface area contributed by atoms with Crippen LogP contribution in [0.5, 0.6) is 5.88 Å². The summed E-state index contributed by atoms with van der Waals surface area (Å²) in [5.74, 6) is -0.147. The smallest absolute Gasteiger partial charge is 0.416 e. The first-order valence-corrected chi connectivity index (χ1v) is 8.20. The Morgan fingerprint density at radius 2 is 1.93 bits per heavy atom. The molecule has 2 N–H and O–H groups in total. The first-order valence-electron chi connectivity index (χ1n) is 8.20. The van der Waals surface area contributed by atoms with Crippen LogP contribution < -0.4 is 15.4 Å². The Labute approximate surface area is 177 Å². The summed E-state index contributed by atoms with van der Waals surface area (Å²) >= 11 is 0. The van der Waals surface area contributed by atoms with Crippen LogP contribution in [-0.4, -0.2) is 24.6 Å². The third-order valence-electron chi connectivity index (χ3n) is 3.60. The fourth-order valence-corrected chi connectivity index (χ4v) is 2.32. The number of hydrogen-bond acceptors (Lipinski definition) is 3. The average molecular weight is 512 g/mol. The second-order valence-electron chi connectivity index (χ2n) is 5.55. The maximum Gasteiger partial charge on any atom is 0.416 e. The molecule has 10 heteroatoms. The zero-order chi connectivity index (χ0) is 19.9. The zero-order valence-electron chi connectivity index (χ0n) is 15.3. The topological polar surface area (TPSA) is 58.5 Å². The number of aromatic nitrogens is 1. The van der Waals surface area contributed by atoms with E-state index in [0.29, 0.717) is 24.5 Å². The molecule has 0 aliphatic heterocycles. The van der Waals surface area contributed by atoms with E-state index in [-0.39, 0.29) is 42.6 Å². The molecule has 0 radical (unpaired) electrons. The fraction of sp³-hybridized carbons (Fsp3) is 0.333. The molecule has 0 spiro atoms. The van der Waals surface area contributed by atoms with E-state index in [1.165, 1.54) is 7.11 Å². The van der Waals surface area contributed by atoms with Crippen molar-refractivity contribution in [2.24, 2.45) is 4.99 Å². The molecule has 0 aliphatic carbocycles. The van der Waals surface area contributed by atoms with Gasteiger partial charge in [-0.3, -0.25) is 0 Å². The van der Waals surface area contributed by atoms with Gasteiger partial charge < -0.3 is 15.4 Å². The number of nitrogens with zero attached hydrogens (tertiary/aromatic N) is 2. The summed E-state index contributed by atoms with van der Waals surface area (Å²) in [6.45, 7) is 2.50. The third-order valence-corrected chi connectivity index (χ3v) is 3.60. The summed E-state index contributed by atoms with van der Waals surface area (Å²) in [4.78, 5) is 8.34. The molecule has 5 nitrogen and oxygen atoms in total. The van der Waals surface area contributed by atoms with Gasteiger partial charge in [0.25, 0.3) is 0 Å². The van der Waals surface area contributed by atoms with Gasteiger partial charge in [-0.05, 0) is 36.2 Å². The Hall–Kier alpha value is -2.11. The number of hydrogen-bond donors (Lipinski definition) is 2. The number of rotatable bonds is 6. The lowest BCUT2D eigenvalue weighted by Gasteiger charge is -2.16. The van der Waals surface area contributed by atoms with Gasteiger partial charge in [-0.2, -0.15) is 13.2 Å². The van der Waals surface area contributed by atoms with Gasteiger partial charge in [-0.1, -0.05) is 6.07 Å². The van der Waals surface area contributed by atoms with Crippen molar-refractivity contribution >= 4 is 29.9 Å². The maximum absolute atomic E-state index is 13.2. The second kappa shape index (κ2) is 11.0. The zero-order valence-corrected chi connectivity index (χ0v) is 17.6. The number of nitrogens with one attached hydrogen (secondary N) is 2. The van der Waals surface area contributed by atoms with Crippen LogP contribution >= 0.6 is 24.0 Å². The maximum atomic E-state index is 13.2. The van der Waals surface area contributed by atoms with Crippen LogP contribution in [0.3, 0.4) is 0 Å². The number of guanidine groups is 1. The predicted molar refractivity (Wildman–Crippen MR) is 109 cm³/mol. The largest absolute Gasteiger partial charge is 0.481 e. The standard InChI is InChI=1S/C18H20F4N4O.HI/c1-3-23-17(25-10-12-6-7-24-16(8-12)27-2)26-11-13-4-5-14(19)9-15(13)18(20,21)22;/h4-9H,3,10-11H2,1-2H3,(H2,23,25,26);1H. The van der Waals surface area contributed by atoms with Crippen molar-refractivity contribution in [3.05, 3.63) is 59.0 Å². The Kier molecular flexibility index (Phi) is 9.42. The number of alkyl halides is 3. The lowest BCUT2D eigenvalue weighted by molar-refractivity contribution is -0.138. The minimum Gasteiger partial charge on any atom is -0.481 e. The van der Waals surface area contributed by atoms with Crippen molar-refractivity contribution in [3.63, 3.8) is 0 Å². The fourth-order valence-electron chi connectivity index (χ4n) is 2.32. The van der Waals surface area contributed by atoms with E-state index in [1.807, 2.05) is 6.92 Å². The third kappa shape index (κ3) is 7.13. The highest BCUT2D eigenvalue weighted by Crippen LogP contribution is 2.32. The van der Waals surface area contributed by atoms with Crippen LogP contribution in [-0.2, 0) is 19.3 Å². The highest BCUT2D eigenvalue weighted by Gasteiger charge is 2.33. The summed E-state index contributed by atoms with van der Waals surface area (Å²) in [6, 6.07) is 6.08. The number of benzene rings is 1. The molecule has 2 rings (SSSR count). The molecule has 0 unspecified atom stereocenters. The molecule has 1 heterocycles. The first kappa shape index (κ1) is 23.9. The molecule has 2 aromatic rings. The monoisotopic (exact) mass is 512 g/mol. The molecule has 154 valence electrons. The van der Waals surface area contributed by atoms with E-state index in [0.717, 1.165) is 17.7 Å². The highest BCUT2D eigenvalue weighted by molar-refractivity contribution is 14.0. The van der Waals surface area contributed by atoms with E-state index >= 15 is 0 Å². The summed E-state index contributed by atoms with van der Waals surface area (Å²) < 4.78 is 57.5. The average Bonchev–Trinajstić information content (AvgIpc) is 2.64. The summed E-state index contributed by atoms with van der Waals surface area (Å²) in [7, 11) is 1.50. The van der Waals surface area contributed by atoms with Crippen LogP contribution in [0, 0.1) is 5.82 Å². The molecule has 1 aromatic carbocycles. The van der Waals surface area contributed by atoms with Gasteiger partial charge in [0.05, 0.1) is 19.2 Å². The second-order valence-corrected chi connectivity index (χ2v) is 5.55. The van der Waals surface area contributed by atoms with Crippen molar-refractivity contribution in [3.8, 4) is 5.88 Å². The number of ether oxygens (including phenoxy) is 1. The van der Waals surface area contributed by atoms with Gasteiger partial charge >= 0.3 is 6.18 Å². The van der Waals surface area contributed by atoms with Crippen molar-refractivity contribution in [2.45, 2.75) is 26.2 Å². The molecule has 0 aliphatic rings. The van der Waals surface area contributed by atoms with Crippen LogP contribution in [0.4, 0.5) is 17.6 Å². The van der Waals surface area contributed by atoms with E-state index in [9.17, 15) is 17.6 Å². The minimum atomic E-state index is -4.64. The van der Waals surface area contributed by atoms with Crippen LogP contribution in [0.15, 0.2) is 41.5 Å². The summed E-state index contributed by atoms with van der Waals surface area (Å²) in [5, 5.41) is 5.80. The van der Waals surface area contributed by atoms with Crippen molar-refractivity contribution < 1.29 is 22.3 Å². The SMILES string of the molecule is CCNC(=NCc1ccnc(OC)c1)NCc1ccc(F)cc1C(F)(F)F.I. The molecule has 0 amide bonds. The van der Waals surface area contributed by atoms with E-state index in [4.69, 9.17) is 4.74 Å². The molecule has 0 saturated carbocycles. The Balaban J connectivity index is 0.00000392. The van der Waals surface area contributed by atoms with Gasteiger partial charge in [0.1, 0.15) is 5.82 Å². The molecule has 1 aromatic heterocycles. The van der Waals surface area contributed by atoms with Gasteiger partial charge in [-0.15, -0.1) is 24.0 Å². The van der Waals surface area contributed by atoms with Crippen molar-refractivity contribution in [1.82, 2.24) is 15.6 Å². The van der Waals surface area contributed by atoms with Gasteiger partial charge in [-0.25, -0.2) is 14.4 Å². The first-order chi connectivity index (χ1) is 12.8. The predicted octanol–water partition coefficient (Wildman–Crippen LogP) is 4.12. The lowest BCUT2D eigenvalue weighted by atomic mass is 10.1. The van der Waals surface area contributed by atoms with Gasteiger partial charge in [0.2, 0.25) is 5.88 Å². The van der Waals surface area contributed by atoms with Crippen LogP contribution in [0.1, 0.15) is 23.6 Å². The van der Waals surface area contributed by atoms with Crippen LogP contribution in [0.25, 0.3) is 0 Å². The molecular weight excluding hydrogens is 491 g/mol. The molecule has 0 bridgehead atoms.